The number of ether oxygens (including phenoxy) is 1. The maximum absolute atomic E-state index is 11.6. The van der Waals surface area contributed by atoms with E-state index in [-0.39, 0.29) is 18.0 Å². The van der Waals surface area contributed by atoms with E-state index in [2.05, 4.69) is 15.0 Å². The van der Waals surface area contributed by atoms with Gasteiger partial charge in [0.05, 0.1) is 12.2 Å². The number of carbonyl (C=O) groups excluding carboxylic acids is 2. The number of nitriles is 1. The molecule has 1 aromatic rings. The molecule has 0 aliphatic rings. The SMILES string of the molecule is CCOC(=O)/C(C#N)=C(/O)c1cccnc1NC(C)=O. The minimum absolute atomic E-state index is 0.0505. The van der Waals surface area contributed by atoms with E-state index >= 15 is 0 Å². The molecule has 0 saturated heterocycles. The highest BCUT2D eigenvalue weighted by molar-refractivity contribution is 6.01. The van der Waals surface area contributed by atoms with E-state index in [1.54, 1.807) is 13.0 Å². The molecule has 1 heterocycles. The number of carbonyl (C=O) groups is 2. The maximum Gasteiger partial charge on any atom is 0.352 e. The van der Waals surface area contributed by atoms with Gasteiger partial charge in [0, 0.05) is 13.1 Å². The summed E-state index contributed by atoms with van der Waals surface area (Å²) in [6.07, 6.45) is 1.40. The molecule has 7 heteroatoms. The van der Waals surface area contributed by atoms with Crippen molar-refractivity contribution in [1.29, 1.82) is 5.26 Å². The summed E-state index contributed by atoms with van der Waals surface area (Å²) in [5.41, 5.74) is -0.487. The number of nitrogens with one attached hydrogen (secondary N) is 1. The van der Waals surface area contributed by atoms with Gasteiger partial charge in [-0.05, 0) is 19.1 Å². The molecule has 0 saturated carbocycles. The van der Waals surface area contributed by atoms with E-state index in [4.69, 9.17) is 5.26 Å². The Labute approximate surface area is 115 Å². The third-order valence-electron chi connectivity index (χ3n) is 2.19. The molecule has 1 aromatic heterocycles. The molecule has 0 atom stereocenters. The normalized spacial score (nSPS) is 11.1. The molecule has 1 amide bonds. The fourth-order valence-electron chi connectivity index (χ4n) is 1.40. The van der Waals surface area contributed by atoms with E-state index in [1.807, 2.05) is 0 Å². The van der Waals surface area contributed by atoms with Crippen molar-refractivity contribution in [2.75, 3.05) is 11.9 Å². The van der Waals surface area contributed by atoms with E-state index in [0.29, 0.717) is 0 Å². The van der Waals surface area contributed by atoms with Gasteiger partial charge < -0.3 is 15.2 Å². The second-order valence-corrected chi connectivity index (χ2v) is 3.64. The molecule has 104 valence electrons. The molecule has 0 fully saturated rings. The van der Waals surface area contributed by atoms with Crippen LogP contribution in [0.4, 0.5) is 5.82 Å². The third-order valence-corrected chi connectivity index (χ3v) is 2.19. The van der Waals surface area contributed by atoms with Gasteiger partial charge in [0.2, 0.25) is 5.91 Å². The maximum atomic E-state index is 11.6. The molecule has 0 aliphatic carbocycles. The van der Waals surface area contributed by atoms with E-state index in [1.165, 1.54) is 25.3 Å². The first kappa shape index (κ1) is 15.2. The second kappa shape index (κ2) is 6.89. The number of aliphatic hydroxyl groups is 1. The summed E-state index contributed by atoms with van der Waals surface area (Å²) in [5.74, 6) is -1.88. The number of rotatable bonds is 4. The van der Waals surface area contributed by atoms with Gasteiger partial charge in [-0.25, -0.2) is 9.78 Å². The van der Waals surface area contributed by atoms with Gasteiger partial charge in [-0.3, -0.25) is 4.79 Å². The monoisotopic (exact) mass is 275 g/mol. The van der Waals surface area contributed by atoms with Gasteiger partial charge >= 0.3 is 5.97 Å². The zero-order chi connectivity index (χ0) is 15.1. The van der Waals surface area contributed by atoms with Crippen LogP contribution >= 0.6 is 0 Å². The van der Waals surface area contributed by atoms with Gasteiger partial charge in [-0.1, -0.05) is 0 Å². The lowest BCUT2D eigenvalue weighted by atomic mass is 10.1. The predicted molar refractivity (Wildman–Crippen MR) is 70.3 cm³/mol. The molecular weight excluding hydrogens is 262 g/mol. The topological polar surface area (TPSA) is 112 Å². The van der Waals surface area contributed by atoms with E-state index in [0.717, 1.165) is 0 Å². The van der Waals surface area contributed by atoms with Crippen molar-refractivity contribution in [3.63, 3.8) is 0 Å². The number of esters is 1. The summed E-state index contributed by atoms with van der Waals surface area (Å²) in [6.45, 7) is 2.93. The summed E-state index contributed by atoms with van der Waals surface area (Å²) >= 11 is 0. The molecule has 1 rings (SSSR count). The lowest BCUT2D eigenvalue weighted by Gasteiger charge is -2.09. The predicted octanol–water partition coefficient (Wildman–Crippen LogP) is 1.40. The molecular formula is C13H13N3O4. The van der Waals surface area contributed by atoms with Crippen molar-refractivity contribution >= 4 is 23.5 Å². The minimum Gasteiger partial charge on any atom is -0.506 e. The Morgan fingerprint density at radius 2 is 2.25 bits per heavy atom. The average Bonchev–Trinajstić information content (AvgIpc) is 2.39. The first-order chi connectivity index (χ1) is 9.51. The highest BCUT2D eigenvalue weighted by Gasteiger charge is 2.20. The Balaban J connectivity index is 3.31. The molecule has 0 aromatic carbocycles. The number of aliphatic hydroxyl groups excluding tert-OH is 1. The smallest absolute Gasteiger partial charge is 0.352 e. The van der Waals surface area contributed by atoms with Crippen molar-refractivity contribution in [3.8, 4) is 6.07 Å². The number of hydrogen-bond donors (Lipinski definition) is 2. The van der Waals surface area contributed by atoms with Crippen LogP contribution in [0.5, 0.6) is 0 Å². The Kier molecular flexibility index (Phi) is 5.23. The summed E-state index contributed by atoms with van der Waals surface area (Å²) in [6, 6.07) is 4.50. The van der Waals surface area contributed by atoms with Crippen molar-refractivity contribution < 1.29 is 19.4 Å². The highest BCUT2D eigenvalue weighted by Crippen LogP contribution is 2.23. The quantitative estimate of drug-likeness (QED) is 0.371. The fraction of sp³-hybridized carbons (Fsp3) is 0.231. The van der Waals surface area contributed by atoms with Crippen molar-refractivity contribution in [1.82, 2.24) is 4.98 Å². The Hall–Kier alpha value is -2.88. The zero-order valence-electron chi connectivity index (χ0n) is 11.0. The largest absolute Gasteiger partial charge is 0.506 e. The van der Waals surface area contributed by atoms with Crippen LogP contribution in [0.25, 0.3) is 5.76 Å². The molecule has 0 spiro atoms. The van der Waals surface area contributed by atoms with Gasteiger partial charge in [0.1, 0.15) is 11.9 Å². The molecule has 2 N–H and O–H groups in total. The highest BCUT2D eigenvalue weighted by atomic mass is 16.5. The van der Waals surface area contributed by atoms with Crippen LogP contribution in [0, 0.1) is 11.3 Å². The molecule has 20 heavy (non-hydrogen) atoms. The number of anilines is 1. The third kappa shape index (κ3) is 3.55. The first-order valence-corrected chi connectivity index (χ1v) is 5.74. The van der Waals surface area contributed by atoms with Crippen LogP contribution in [0.1, 0.15) is 19.4 Å². The van der Waals surface area contributed by atoms with Crippen molar-refractivity contribution in [2.45, 2.75) is 13.8 Å². The summed E-state index contributed by atoms with van der Waals surface area (Å²) in [7, 11) is 0. The molecule has 7 nitrogen and oxygen atoms in total. The van der Waals surface area contributed by atoms with E-state index < -0.39 is 23.2 Å². The van der Waals surface area contributed by atoms with Crippen LogP contribution in [0.3, 0.4) is 0 Å². The van der Waals surface area contributed by atoms with Crippen LogP contribution in [-0.4, -0.2) is 28.6 Å². The Morgan fingerprint density at radius 1 is 1.55 bits per heavy atom. The fourth-order valence-corrected chi connectivity index (χ4v) is 1.40. The molecule has 0 unspecified atom stereocenters. The lowest BCUT2D eigenvalue weighted by Crippen LogP contribution is -2.12. The number of pyridine rings is 1. The van der Waals surface area contributed by atoms with Crippen LogP contribution in [0.15, 0.2) is 23.9 Å². The van der Waals surface area contributed by atoms with Crippen LogP contribution < -0.4 is 5.32 Å². The molecule has 0 bridgehead atoms. The van der Waals surface area contributed by atoms with Crippen molar-refractivity contribution in [3.05, 3.63) is 29.5 Å². The van der Waals surface area contributed by atoms with E-state index in [9.17, 15) is 14.7 Å². The Morgan fingerprint density at radius 3 is 2.80 bits per heavy atom. The van der Waals surface area contributed by atoms with Crippen LogP contribution in [-0.2, 0) is 14.3 Å². The number of nitrogens with zero attached hydrogens (tertiary/aromatic N) is 2. The number of amides is 1. The first-order valence-electron chi connectivity index (χ1n) is 5.74. The van der Waals surface area contributed by atoms with Gasteiger partial charge in [-0.15, -0.1) is 0 Å². The lowest BCUT2D eigenvalue weighted by molar-refractivity contribution is -0.138. The zero-order valence-corrected chi connectivity index (χ0v) is 11.0. The summed E-state index contributed by atoms with van der Waals surface area (Å²) in [4.78, 5) is 26.5. The van der Waals surface area contributed by atoms with Gasteiger partial charge in [0.15, 0.2) is 11.3 Å². The van der Waals surface area contributed by atoms with Crippen LogP contribution in [0.2, 0.25) is 0 Å². The van der Waals surface area contributed by atoms with Gasteiger partial charge in [0.25, 0.3) is 0 Å². The number of aromatic nitrogens is 1. The molecule has 0 aliphatic heterocycles. The summed E-state index contributed by atoms with van der Waals surface area (Å²) in [5, 5.41) is 21.4. The average molecular weight is 275 g/mol. The van der Waals surface area contributed by atoms with Crippen molar-refractivity contribution in [2.24, 2.45) is 0 Å². The minimum atomic E-state index is -0.940. The number of hydrogen-bond acceptors (Lipinski definition) is 6. The summed E-state index contributed by atoms with van der Waals surface area (Å²) < 4.78 is 4.67. The standard InChI is InChI=1S/C13H13N3O4/c1-3-20-13(19)10(7-14)11(18)9-5-4-6-15-12(9)16-8(2)17/h4-6,18H,3H2,1-2H3,(H,15,16,17)/b11-10+. The molecule has 0 radical (unpaired) electrons. The van der Waals surface area contributed by atoms with Gasteiger partial charge in [-0.2, -0.15) is 5.26 Å². The Bertz CT molecular complexity index is 602. The second-order valence-electron chi connectivity index (χ2n) is 3.64.